The van der Waals surface area contributed by atoms with E-state index in [1.165, 1.54) is 18.2 Å². The van der Waals surface area contributed by atoms with Crippen LogP contribution in [-0.4, -0.2) is 32.5 Å². The van der Waals surface area contributed by atoms with Crippen molar-refractivity contribution in [1.82, 2.24) is 4.98 Å². The first-order valence-electron chi connectivity index (χ1n) is 12.8. The first kappa shape index (κ1) is 23.5. The van der Waals surface area contributed by atoms with Crippen LogP contribution in [-0.2, 0) is 21.2 Å². The fourth-order valence-corrected chi connectivity index (χ4v) is 7.50. The molecule has 3 aliphatic rings. The number of oxazole rings is 1. The van der Waals surface area contributed by atoms with Crippen LogP contribution in [0.2, 0.25) is 0 Å². The highest BCUT2D eigenvalue weighted by Gasteiger charge is 2.54. The number of fused-ring (bicyclic) bond motifs is 5. The van der Waals surface area contributed by atoms with Crippen molar-refractivity contribution >= 4 is 21.7 Å². The van der Waals surface area contributed by atoms with E-state index in [4.69, 9.17) is 9.40 Å². The Morgan fingerprint density at radius 3 is 2.56 bits per heavy atom. The molecule has 3 aliphatic carbocycles. The molecule has 0 amide bonds. The average molecular weight is 505 g/mol. The summed E-state index contributed by atoms with van der Waals surface area (Å²) in [6, 6.07) is 16.0. The smallest absolute Gasteiger partial charge is 0.238 e. The maximum atomic E-state index is 12.6. The number of benzene rings is 2. The molecule has 2 aromatic carbocycles. The van der Waals surface area contributed by atoms with Crippen molar-refractivity contribution in [3.63, 3.8) is 0 Å². The minimum Gasteiger partial charge on any atom is -0.419 e. The number of hydrogen-bond acceptors (Lipinski definition) is 5. The molecule has 0 radical (unpaired) electrons. The Labute approximate surface area is 212 Å². The van der Waals surface area contributed by atoms with Gasteiger partial charge in [-0.3, -0.25) is 4.79 Å². The fourth-order valence-electron chi connectivity index (χ4n) is 7.07. The van der Waals surface area contributed by atoms with Crippen molar-refractivity contribution in [3.8, 4) is 22.7 Å². The molecule has 0 aliphatic heterocycles. The molecular weight excluding hydrogens is 472 g/mol. The number of nitrogens with zero attached hydrogens (tertiary/aromatic N) is 2. The molecule has 6 rings (SSSR count). The fraction of sp³-hybridized carbons (Fsp3) is 0.448. The predicted molar refractivity (Wildman–Crippen MR) is 140 cm³/mol. The van der Waals surface area contributed by atoms with E-state index in [0.29, 0.717) is 35.1 Å². The molecule has 7 heteroatoms. The number of aryl methyl sites for hydroxylation is 1. The highest BCUT2D eigenvalue weighted by molar-refractivity contribution is 7.92. The highest BCUT2D eigenvalue weighted by atomic mass is 32.2. The van der Waals surface area contributed by atoms with Gasteiger partial charge in [-0.25, -0.2) is 17.7 Å². The van der Waals surface area contributed by atoms with E-state index in [-0.39, 0.29) is 11.3 Å². The lowest BCUT2D eigenvalue weighted by Gasteiger charge is -2.48. The van der Waals surface area contributed by atoms with Crippen LogP contribution in [0.5, 0.6) is 0 Å². The third kappa shape index (κ3) is 3.62. The molecule has 0 unspecified atom stereocenters. The molecule has 1 heterocycles. The van der Waals surface area contributed by atoms with Crippen LogP contribution < -0.4 is 4.31 Å². The van der Waals surface area contributed by atoms with Gasteiger partial charge in [-0.05, 0) is 73.1 Å². The van der Waals surface area contributed by atoms with Crippen LogP contribution in [0.4, 0.5) is 5.88 Å². The summed E-state index contributed by atoms with van der Waals surface area (Å²) in [7, 11) is -2.03. The van der Waals surface area contributed by atoms with E-state index in [1.54, 1.807) is 0 Å². The van der Waals surface area contributed by atoms with Crippen LogP contribution in [0.1, 0.15) is 56.1 Å². The lowest BCUT2D eigenvalue weighted by atomic mass is 9.55. The molecule has 0 saturated heterocycles. The predicted octanol–water partition coefficient (Wildman–Crippen LogP) is 5.83. The zero-order valence-electron chi connectivity index (χ0n) is 21.0. The zero-order chi connectivity index (χ0) is 25.2. The van der Waals surface area contributed by atoms with Gasteiger partial charge >= 0.3 is 0 Å². The van der Waals surface area contributed by atoms with E-state index >= 15 is 0 Å². The second kappa shape index (κ2) is 8.30. The topological polar surface area (TPSA) is 80.5 Å². The zero-order valence-corrected chi connectivity index (χ0v) is 21.8. The number of rotatable bonds is 4. The monoisotopic (exact) mass is 504 g/mol. The van der Waals surface area contributed by atoms with Gasteiger partial charge in [0.2, 0.25) is 21.8 Å². The molecule has 3 aromatic rings. The summed E-state index contributed by atoms with van der Waals surface area (Å²) in [4.78, 5) is 17.4. The minimum atomic E-state index is -3.52. The van der Waals surface area contributed by atoms with Crippen LogP contribution in [0, 0.1) is 17.3 Å². The molecule has 36 heavy (non-hydrogen) atoms. The van der Waals surface area contributed by atoms with E-state index in [0.717, 1.165) is 60.2 Å². The molecule has 0 bridgehead atoms. The summed E-state index contributed by atoms with van der Waals surface area (Å²) in [6.45, 7) is 2.21. The summed E-state index contributed by atoms with van der Waals surface area (Å²) in [5.41, 5.74) is 4.77. The second-order valence-electron chi connectivity index (χ2n) is 11.0. The van der Waals surface area contributed by atoms with Crippen molar-refractivity contribution in [1.29, 1.82) is 0 Å². The molecular formula is C29H32N2O4S. The van der Waals surface area contributed by atoms with Crippen molar-refractivity contribution in [2.75, 3.05) is 17.6 Å². The van der Waals surface area contributed by atoms with Gasteiger partial charge in [-0.15, -0.1) is 0 Å². The Morgan fingerprint density at radius 2 is 1.81 bits per heavy atom. The third-order valence-electron chi connectivity index (χ3n) is 9.12. The van der Waals surface area contributed by atoms with E-state index < -0.39 is 10.0 Å². The molecule has 2 fully saturated rings. The van der Waals surface area contributed by atoms with Gasteiger partial charge in [0.05, 0.1) is 6.26 Å². The van der Waals surface area contributed by atoms with Crippen molar-refractivity contribution < 1.29 is 17.6 Å². The highest BCUT2D eigenvalue weighted by Crippen LogP contribution is 2.59. The summed E-state index contributed by atoms with van der Waals surface area (Å²) in [5.74, 6) is 2.69. The largest absolute Gasteiger partial charge is 0.419 e. The Kier molecular flexibility index (Phi) is 5.41. The molecule has 0 spiro atoms. The molecule has 1 aromatic heterocycles. The van der Waals surface area contributed by atoms with Gasteiger partial charge < -0.3 is 4.42 Å². The second-order valence-corrected chi connectivity index (χ2v) is 13.0. The standard InChI is InChI=1S/C29H32N2O4S/c1-29-16-15-22-21-11-10-20(17-19(21)9-12-23(22)24(29)13-14-25(29)32)27-30-26(18-7-5-4-6-8-18)28(35-27)31(2)36(3,33)34/h4-8,10-11,17,22-24H,9,12-16H2,1-3H3/t22-,23-,24+,29+/m1/s1. The van der Waals surface area contributed by atoms with Gasteiger partial charge in [0.1, 0.15) is 11.5 Å². The molecule has 6 nitrogen and oxygen atoms in total. The number of carbonyl (C=O) groups excluding carboxylic acids is 1. The molecule has 0 N–H and O–H groups in total. The van der Waals surface area contributed by atoms with E-state index in [9.17, 15) is 13.2 Å². The Bertz CT molecular complexity index is 1450. The first-order valence-corrected chi connectivity index (χ1v) is 14.7. The van der Waals surface area contributed by atoms with Crippen LogP contribution in [0.3, 0.4) is 0 Å². The summed E-state index contributed by atoms with van der Waals surface area (Å²) < 4.78 is 31.9. The van der Waals surface area contributed by atoms with Crippen molar-refractivity contribution in [2.45, 2.75) is 51.4 Å². The third-order valence-corrected chi connectivity index (χ3v) is 10.3. The van der Waals surface area contributed by atoms with Crippen LogP contribution >= 0.6 is 0 Å². The lowest BCUT2D eigenvalue weighted by Crippen LogP contribution is -2.42. The molecule has 2 saturated carbocycles. The quantitative estimate of drug-likeness (QED) is 0.447. The first-order chi connectivity index (χ1) is 17.2. The van der Waals surface area contributed by atoms with Gasteiger partial charge in [0.15, 0.2) is 0 Å². The maximum Gasteiger partial charge on any atom is 0.238 e. The number of carbonyl (C=O) groups is 1. The van der Waals surface area contributed by atoms with E-state index in [1.807, 2.05) is 30.3 Å². The van der Waals surface area contributed by atoms with Crippen molar-refractivity contribution in [3.05, 3.63) is 59.7 Å². The number of hydrogen-bond donors (Lipinski definition) is 0. The van der Waals surface area contributed by atoms with Crippen molar-refractivity contribution in [2.24, 2.45) is 17.3 Å². The van der Waals surface area contributed by atoms with Crippen LogP contribution in [0.25, 0.3) is 22.7 Å². The van der Waals surface area contributed by atoms with Gasteiger partial charge in [0, 0.05) is 30.0 Å². The number of sulfonamides is 1. The number of aromatic nitrogens is 1. The summed E-state index contributed by atoms with van der Waals surface area (Å²) >= 11 is 0. The molecule has 4 atom stereocenters. The number of Topliss-reactive ketones (excluding diaryl/α,β-unsaturated/α-hetero) is 1. The Balaban J connectivity index is 1.37. The number of anilines is 1. The average Bonchev–Trinajstić information content (AvgIpc) is 3.44. The van der Waals surface area contributed by atoms with Gasteiger partial charge in [-0.1, -0.05) is 43.3 Å². The van der Waals surface area contributed by atoms with Gasteiger partial charge in [-0.2, -0.15) is 0 Å². The number of ketones is 1. The maximum absolute atomic E-state index is 12.6. The van der Waals surface area contributed by atoms with Crippen LogP contribution in [0.15, 0.2) is 52.9 Å². The molecule has 188 valence electrons. The lowest BCUT2D eigenvalue weighted by molar-refractivity contribution is -0.129. The summed E-state index contributed by atoms with van der Waals surface area (Å²) in [5, 5.41) is 0. The summed E-state index contributed by atoms with van der Waals surface area (Å²) in [6.07, 6.45) is 7.08. The van der Waals surface area contributed by atoms with E-state index in [2.05, 4.69) is 25.1 Å². The SMILES string of the molecule is CN(c1oc(-c2ccc3c(c2)CC[C@@H]2[C@@H]3CC[C@]3(C)C(=O)CC[C@@H]23)nc1-c1ccccc1)S(C)(=O)=O. The minimum absolute atomic E-state index is 0.118. The Morgan fingerprint density at radius 1 is 1.03 bits per heavy atom. The normalized spacial score (nSPS) is 27.3. The Hall–Kier alpha value is -2.93. The van der Waals surface area contributed by atoms with Gasteiger partial charge in [0.25, 0.3) is 0 Å².